The first-order valence-corrected chi connectivity index (χ1v) is 13.4. The van der Waals surface area contributed by atoms with Crippen molar-refractivity contribution in [2.24, 2.45) is 15.7 Å². The standard InChI is InChI=1S/C27H25FN4O5S/c1-38(35,36)26-21-10-11-31-23(21)14-22(28)25(26)37-20-7-3-6-19(13-20)27(29)32-16-30-15-18-5-2-4-17(12-18)8-9-24(33)34/h2-7,10-14,16,31H,8-9,15H2,1H3,(H,33,34)(H2,29,30,32). The molecule has 0 radical (unpaired) electrons. The maximum absolute atomic E-state index is 14.9. The van der Waals surface area contributed by atoms with Gasteiger partial charge in [-0.3, -0.25) is 9.79 Å². The Morgan fingerprint density at radius 2 is 1.89 bits per heavy atom. The smallest absolute Gasteiger partial charge is 0.303 e. The fourth-order valence-corrected chi connectivity index (χ4v) is 4.93. The summed E-state index contributed by atoms with van der Waals surface area (Å²) in [5, 5.41) is 9.16. The van der Waals surface area contributed by atoms with E-state index in [-0.39, 0.29) is 22.9 Å². The van der Waals surface area contributed by atoms with Crippen molar-refractivity contribution in [1.82, 2.24) is 4.98 Å². The second-order valence-corrected chi connectivity index (χ2v) is 10.5. The van der Waals surface area contributed by atoms with Crippen LogP contribution in [0.15, 0.2) is 81.7 Å². The molecule has 11 heteroatoms. The lowest BCUT2D eigenvalue weighted by Gasteiger charge is -2.13. The van der Waals surface area contributed by atoms with Crippen LogP contribution in [0.3, 0.4) is 0 Å². The fourth-order valence-electron chi connectivity index (χ4n) is 3.88. The number of ether oxygens (including phenoxy) is 1. The number of sulfone groups is 1. The highest BCUT2D eigenvalue weighted by Crippen LogP contribution is 2.37. The number of fused-ring (bicyclic) bond motifs is 1. The number of aromatic amines is 1. The SMILES string of the molecule is CS(=O)(=O)c1c(Oc2cccc(C(N)=NC=NCc3cccc(CCC(=O)O)c3)c2)c(F)cc2[nH]ccc12. The topological polar surface area (TPSA) is 147 Å². The lowest BCUT2D eigenvalue weighted by Crippen LogP contribution is -2.13. The van der Waals surface area contributed by atoms with Crippen LogP contribution in [0.25, 0.3) is 10.9 Å². The minimum absolute atomic E-state index is 0.0548. The van der Waals surface area contributed by atoms with Crippen molar-refractivity contribution in [2.75, 3.05) is 6.26 Å². The van der Waals surface area contributed by atoms with E-state index in [2.05, 4.69) is 15.0 Å². The second kappa shape index (κ2) is 11.3. The molecule has 1 aromatic heterocycles. The Morgan fingerprint density at radius 3 is 2.66 bits per heavy atom. The molecular formula is C27H25FN4O5S. The van der Waals surface area contributed by atoms with Gasteiger partial charge in [-0.25, -0.2) is 17.8 Å². The molecule has 4 aromatic rings. The van der Waals surface area contributed by atoms with Gasteiger partial charge in [0.25, 0.3) is 0 Å². The number of carboxylic acid groups (broad SMARTS) is 1. The summed E-state index contributed by atoms with van der Waals surface area (Å²) < 4.78 is 45.5. The number of carboxylic acids is 1. The number of hydrogen-bond donors (Lipinski definition) is 3. The van der Waals surface area contributed by atoms with Crippen LogP contribution >= 0.6 is 0 Å². The first-order chi connectivity index (χ1) is 18.1. The van der Waals surface area contributed by atoms with Gasteiger partial charge in [-0.2, -0.15) is 0 Å². The van der Waals surface area contributed by atoms with Crippen molar-refractivity contribution in [3.63, 3.8) is 0 Å². The van der Waals surface area contributed by atoms with E-state index in [9.17, 15) is 17.6 Å². The molecule has 3 aromatic carbocycles. The Balaban J connectivity index is 1.50. The minimum atomic E-state index is -3.82. The predicted octanol–water partition coefficient (Wildman–Crippen LogP) is 4.45. The third-order valence-corrected chi connectivity index (χ3v) is 6.76. The lowest BCUT2D eigenvalue weighted by molar-refractivity contribution is -0.136. The predicted molar refractivity (Wildman–Crippen MR) is 143 cm³/mol. The summed E-state index contributed by atoms with van der Waals surface area (Å²) in [5.41, 5.74) is 8.71. The van der Waals surface area contributed by atoms with Gasteiger partial charge in [-0.05, 0) is 35.7 Å². The Morgan fingerprint density at radius 1 is 1.13 bits per heavy atom. The quantitative estimate of drug-likeness (QED) is 0.201. The van der Waals surface area contributed by atoms with Crippen LogP contribution < -0.4 is 10.5 Å². The van der Waals surface area contributed by atoms with E-state index in [1.807, 2.05) is 24.3 Å². The highest BCUT2D eigenvalue weighted by Gasteiger charge is 2.24. The second-order valence-electron chi connectivity index (χ2n) is 8.54. The third kappa shape index (κ3) is 6.43. The van der Waals surface area contributed by atoms with E-state index in [4.69, 9.17) is 15.6 Å². The zero-order valence-electron chi connectivity index (χ0n) is 20.4. The fraction of sp³-hybridized carbons (Fsp3) is 0.148. The summed E-state index contributed by atoms with van der Waals surface area (Å²) in [6.07, 6.45) is 4.32. The average Bonchev–Trinajstić information content (AvgIpc) is 3.32. The van der Waals surface area contributed by atoms with Crippen LogP contribution in [0.1, 0.15) is 23.1 Å². The van der Waals surface area contributed by atoms with Crippen molar-refractivity contribution in [3.8, 4) is 11.5 Å². The van der Waals surface area contributed by atoms with Gasteiger partial charge < -0.3 is 20.6 Å². The van der Waals surface area contributed by atoms with Gasteiger partial charge >= 0.3 is 5.97 Å². The van der Waals surface area contributed by atoms with Crippen molar-refractivity contribution in [2.45, 2.75) is 24.3 Å². The van der Waals surface area contributed by atoms with Crippen LogP contribution in [0.5, 0.6) is 11.5 Å². The van der Waals surface area contributed by atoms with Gasteiger partial charge in [0.1, 0.15) is 22.8 Å². The zero-order valence-corrected chi connectivity index (χ0v) is 21.2. The van der Waals surface area contributed by atoms with Crippen LogP contribution in [-0.2, 0) is 27.6 Å². The van der Waals surface area contributed by atoms with E-state index in [0.717, 1.165) is 17.4 Å². The molecule has 0 aliphatic heterocycles. The number of aliphatic imine (C=N–C) groups is 2. The van der Waals surface area contributed by atoms with E-state index in [1.54, 1.807) is 24.3 Å². The molecule has 0 unspecified atom stereocenters. The largest absolute Gasteiger partial charge is 0.481 e. The number of rotatable bonds is 10. The highest BCUT2D eigenvalue weighted by molar-refractivity contribution is 7.91. The number of hydrogen-bond acceptors (Lipinski definition) is 5. The molecule has 0 bridgehead atoms. The van der Waals surface area contributed by atoms with Gasteiger partial charge in [-0.15, -0.1) is 0 Å². The summed E-state index contributed by atoms with van der Waals surface area (Å²) in [6.45, 7) is 0.329. The van der Waals surface area contributed by atoms with Crippen molar-refractivity contribution in [1.29, 1.82) is 0 Å². The lowest BCUT2D eigenvalue weighted by atomic mass is 10.1. The third-order valence-electron chi connectivity index (χ3n) is 5.61. The summed E-state index contributed by atoms with van der Waals surface area (Å²) in [7, 11) is -3.82. The Labute approximate surface area is 218 Å². The number of halogens is 1. The summed E-state index contributed by atoms with van der Waals surface area (Å²) in [4.78, 5) is 21.7. The maximum Gasteiger partial charge on any atom is 0.303 e. The van der Waals surface area contributed by atoms with Gasteiger partial charge in [0, 0.05) is 41.4 Å². The van der Waals surface area contributed by atoms with Gasteiger partial charge in [0.15, 0.2) is 21.4 Å². The molecule has 0 fully saturated rings. The summed E-state index contributed by atoms with van der Waals surface area (Å²) in [5.74, 6) is -1.78. The monoisotopic (exact) mass is 536 g/mol. The molecule has 196 valence electrons. The van der Waals surface area contributed by atoms with Gasteiger partial charge in [-0.1, -0.05) is 36.4 Å². The Hall–Kier alpha value is -4.51. The summed E-state index contributed by atoms with van der Waals surface area (Å²) >= 11 is 0. The maximum atomic E-state index is 14.9. The van der Waals surface area contributed by atoms with Crippen LogP contribution in [0.4, 0.5) is 4.39 Å². The number of nitrogens with one attached hydrogen (secondary N) is 1. The molecule has 0 aliphatic rings. The first kappa shape index (κ1) is 26.6. The molecule has 0 spiro atoms. The molecular weight excluding hydrogens is 511 g/mol. The van der Waals surface area contributed by atoms with Crippen LogP contribution in [-0.4, -0.2) is 42.9 Å². The molecule has 9 nitrogen and oxygen atoms in total. The number of H-pyrrole nitrogens is 1. The zero-order chi connectivity index (χ0) is 27.3. The van der Waals surface area contributed by atoms with E-state index >= 15 is 0 Å². The molecule has 0 saturated heterocycles. The molecule has 1 heterocycles. The number of carbonyl (C=O) groups is 1. The minimum Gasteiger partial charge on any atom is -0.481 e. The number of nitrogens with zero attached hydrogens (tertiary/aromatic N) is 2. The number of amidine groups is 1. The highest BCUT2D eigenvalue weighted by atomic mass is 32.2. The molecule has 38 heavy (non-hydrogen) atoms. The number of aliphatic carboxylic acids is 1. The van der Waals surface area contributed by atoms with Crippen molar-refractivity contribution in [3.05, 3.63) is 89.4 Å². The van der Waals surface area contributed by atoms with E-state index < -0.39 is 27.4 Å². The number of benzene rings is 3. The number of nitrogens with two attached hydrogens (primary N) is 1. The normalized spacial score (nSPS) is 12.3. The van der Waals surface area contributed by atoms with Crippen LogP contribution in [0, 0.1) is 5.82 Å². The Kier molecular flexibility index (Phi) is 7.87. The van der Waals surface area contributed by atoms with E-state index in [1.165, 1.54) is 24.7 Å². The van der Waals surface area contributed by atoms with Crippen LogP contribution in [0.2, 0.25) is 0 Å². The summed E-state index contributed by atoms with van der Waals surface area (Å²) in [6, 6.07) is 16.6. The first-order valence-electron chi connectivity index (χ1n) is 11.5. The Bertz CT molecular complexity index is 1660. The molecule has 0 aliphatic carbocycles. The van der Waals surface area contributed by atoms with Crippen molar-refractivity contribution >= 4 is 38.9 Å². The molecule has 0 amide bonds. The molecule has 4 N–H and O–H groups in total. The van der Waals surface area contributed by atoms with Crippen molar-refractivity contribution < 1.29 is 27.4 Å². The number of aromatic nitrogens is 1. The molecule has 4 rings (SSSR count). The molecule has 0 saturated carbocycles. The molecule has 0 atom stereocenters. The average molecular weight is 537 g/mol. The van der Waals surface area contributed by atoms with Gasteiger partial charge in [0.05, 0.1) is 6.54 Å². The number of aryl methyl sites for hydroxylation is 1. The van der Waals surface area contributed by atoms with Gasteiger partial charge in [0.2, 0.25) is 0 Å². The van der Waals surface area contributed by atoms with E-state index in [0.29, 0.717) is 29.4 Å².